The molecule has 100 valence electrons. The van der Waals surface area contributed by atoms with Crippen LogP contribution in [0.2, 0.25) is 0 Å². The molecule has 0 aliphatic rings. The van der Waals surface area contributed by atoms with Gasteiger partial charge in [0.15, 0.2) is 0 Å². The predicted molar refractivity (Wildman–Crippen MR) is 77.2 cm³/mol. The van der Waals surface area contributed by atoms with E-state index in [1.165, 1.54) is 11.9 Å². The number of hydrogen-bond acceptors (Lipinski definition) is 5. The lowest BCUT2D eigenvalue weighted by molar-refractivity contribution is 0.437. The van der Waals surface area contributed by atoms with Crippen molar-refractivity contribution in [3.05, 3.63) is 34.6 Å². The highest BCUT2D eigenvalue weighted by atomic mass is 79.9. The van der Waals surface area contributed by atoms with E-state index < -0.39 is 0 Å². The fraction of sp³-hybridized carbons (Fsp3) is 0.308. The van der Waals surface area contributed by atoms with Gasteiger partial charge in [-0.05, 0) is 39.0 Å². The lowest BCUT2D eigenvalue weighted by Gasteiger charge is -2.19. The van der Waals surface area contributed by atoms with Gasteiger partial charge in [0.25, 0.3) is 0 Å². The normalized spacial score (nSPS) is 11.4. The molecule has 2 N–H and O–H groups in total. The van der Waals surface area contributed by atoms with Crippen molar-refractivity contribution in [3.63, 3.8) is 0 Å². The molecule has 1 heterocycles. The van der Waals surface area contributed by atoms with Crippen molar-refractivity contribution in [2.24, 2.45) is 0 Å². The van der Waals surface area contributed by atoms with Gasteiger partial charge in [-0.1, -0.05) is 26.8 Å². The summed E-state index contributed by atoms with van der Waals surface area (Å²) in [5.41, 5.74) is 6.77. The topological polar surface area (TPSA) is 73.9 Å². The number of benzene rings is 1. The van der Waals surface area contributed by atoms with Gasteiger partial charge in [0.1, 0.15) is 12.1 Å². The van der Waals surface area contributed by atoms with E-state index in [2.05, 4.69) is 51.7 Å². The molecule has 0 saturated carbocycles. The zero-order valence-corrected chi connectivity index (χ0v) is 12.6. The Morgan fingerprint density at radius 1 is 1.21 bits per heavy atom. The van der Waals surface area contributed by atoms with Gasteiger partial charge < -0.3 is 10.5 Å². The first-order valence-electron chi connectivity index (χ1n) is 5.78. The van der Waals surface area contributed by atoms with Crippen LogP contribution < -0.4 is 10.5 Å². The average molecular weight is 323 g/mol. The van der Waals surface area contributed by atoms with Gasteiger partial charge in [-0.2, -0.15) is 9.97 Å². The number of nitrogens with two attached hydrogens (primary N) is 1. The Bertz CT molecular complexity index is 595. The molecule has 19 heavy (non-hydrogen) atoms. The van der Waals surface area contributed by atoms with Crippen molar-refractivity contribution >= 4 is 21.9 Å². The van der Waals surface area contributed by atoms with Crippen LogP contribution in [0.1, 0.15) is 26.3 Å². The van der Waals surface area contributed by atoms with E-state index in [1.807, 2.05) is 18.2 Å². The molecule has 0 atom stereocenters. The molecule has 0 aliphatic carbocycles. The van der Waals surface area contributed by atoms with E-state index in [1.54, 1.807) is 0 Å². The Morgan fingerprint density at radius 2 is 1.95 bits per heavy atom. The maximum atomic E-state index is 5.57. The minimum Gasteiger partial charge on any atom is -0.423 e. The number of anilines is 1. The van der Waals surface area contributed by atoms with Crippen LogP contribution in [0.5, 0.6) is 11.8 Å². The number of aromatic nitrogens is 3. The van der Waals surface area contributed by atoms with Crippen LogP contribution in [-0.4, -0.2) is 15.0 Å². The molecule has 2 rings (SSSR count). The number of halogens is 1. The first-order valence-corrected chi connectivity index (χ1v) is 6.58. The number of ether oxygens (including phenoxy) is 1. The lowest BCUT2D eigenvalue weighted by atomic mass is 9.87. The van der Waals surface area contributed by atoms with Crippen LogP contribution in [0, 0.1) is 0 Å². The van der Waals surface area contributed by atoms with E-state index in [9.17, 15) is 0 Å². The predicted octanol–water partition coefficient (Wildman–Crippen LogP) is 3.31. The standard InChI is InChI=1S/C13H15BrN4O/c1-13(2,3)8-4-5-10(9(14)6-8)19-12-17-7-16-11(15)18-12/h4-7H,1-3H3,(H2,15,16,17,18). The van der Waals surface area contributed by atoms with Gasteiger partial charge in [0.05, 0.1) is 4.47 Å². The summed E-state index contributed by atoms with van der Waals surface area (Å²) in [6, 6.07) is 6.10. The average Bonchev–Trinajstić information content (AvgIpc) is 2.30. The third kappa shape index (κ3) is 3.41. The molecule has 1 aromatic heterocycles. The molecule has 0 radical (unpaired) electrons. The van der Waals surface area contributed by atoms with Gasteiger partial charge in [-0.15, -0.1) is 0 Å². The van der Waals surface area contributed by atoms with Crippen molar-refractivity contribution in [3.8, 4) is 11.8 Å². The molecule has 0 fully saturated rings. The Labute approximate surface area is 120 Å². The number of hydrogen-bond donors (Lipinski definition) is 1. The zero-order valence-electron chi connectivity index (χ0n) is 11.0. The fourth-order valence-corrected chi connectivity index (χ4v) is 1.95. The van der Waals surface area contributed by atoms with Crippen LogP contribution in [0.3, 0.4) is 0 Å². The zero-order chi connectivity index (χ0) is 14.0. The van der Waals surface area contributed by atoms with Crippen molar-refractivity contribution in [1.82, 2.24) is 15.0 Å². The van der Waals surface area contributed by atoms with E-state index >= 15 is 0 Å². The molecule has 0 unspecified atom stereocenters. The lowest BCUT2D eigenvalue weighted by Crippen LogP contribution is -2.10. The molecule has 0 amide bonds. The molecule has 0 spiro atoms. The van der Waals surface area contributed by atoms with Gasteiger partial charge >= 0.3 is 6.01 Å². The summed E-state index contributed by atoms with van der Waals surface area (Å²) in [5, 5.41) is 0. The Morgan fingerprint density at radius 3 is 2.53 bits per heavy atom. The molecular weight excluding hydrogens is 308 g/mol. The summed E-state index contributed by atoms with van der Waals surface area (Å²) in [6.07, 6.45) is 1.31. The van der Waals surface area contributed by atoms with Crippen molar-refractivity contribution < 1.29 is 4.74 Å². The Hall–Kier alpha value is -1.69. The van der Waals surface area contributed by atoms with Crippen LogP contribution >= 0.6 is 15.9 Å². The third-order valence-electron chi connectivity index (χ3n) is 2.57. The van der Waals surface area contributed by atoms with Gasteiger partial charge in [-0.25, -0.2) is 4.98 Å². The molecule has 5 nitrogen and oxygen atoms in total. The van der Waals surface area contributed by atoms with Gasteiger partial charge in [0, 0.05) is 0 Å². The Kier molecular flexibility index (Phi) is 3.71. The summed E-state index contributed by atoms with van der Waals surface area (Å²) < 4.78 is 6.41. The van der Waals surface area contributed by atoms with Crippen LogP contribution in [0.25, 0.3) is 0 Å². The van der Waals surface area contributed by atoms with Gasteiger partial charge in [0.2, 0.25) is 5.95 Å². The summed E-state index contributed by atoms with van der Waals surface area (Å²) in [6.45, 7) is 6.46. The van der Waals surface area contributed by atoms with Crippen LogP contribution in [-0.2, 0) is 5.41 Å². The van der Waals surface area contributed by atoms with Crippen molar-refractivity contribution in [2.75, 3.05) is 5.73 Å². The fourth-order valence-electron chi connectivity index (χ4n) is 1.49. The smallest absolute Gasteiger partial charge is 0.326 e. The second-order valence-corrected chi connectivity index (χ2v) is 5.98. The molecule has 0 saturated heterocycles. The minimum atomic E-state index is 0.0820. The number of nitrogen functional groups attached to an aromatic ring is 1. The van der Waals surface area contributed by atoms with E-state index in [0.717, 1.165) is 4.47 Å². The molecule has 0 bridgehead atoms. The Balaban J connectivity index is 2.27. The van der Waals surface area contributed by atoms with E-state index in [4.69, 9.17) is 10.5 Å². The van der Waals surface area contributed by atoms with E-state index in [-0.39, 0.29) is 17.4 Å². The SMILES string of the molecule is CC(C)(C)c1ccc(Oc2ncnc(N)n2)c(Br)c1. The maximum Gasteiger partial charge on any atom is 0.326 e. The third-order valence-corrected chi connectivity index (χ3v) is 3.19. The number of nitrogens with zero attached hydrogens (tertiary/aromatic N) is 3. The van der Waals surface area contributed by atoms with Crippen LogP contribution in [0.15, 0.2) is 29.0 Å². The first-order chi connectivity index (χ1) is 8.86. The first kappa shape index (κ1) is 13.7. The highest BCUT2D eigenvalue weighted by Crippen LogP contribution is 2.33. The minimum absolute atomic E-state index is 0.0820. The molecule has 6 heteroatoms. The molecule has 1 aromatic carbocycles. The highest BCUT2D eigenvalue weighted by molar-refractivity contribution is 9.10. The summed E-state index contributed by atoms with van der Waals surface area (Å²) in [4.78, 5) is 11.5. The van der Waals surface area contributed by atoms with Crippen molar-refractivity contribution in [1.29, 1.82) is 0 Å². The molecule has 0 aliphatic heterocycles. The molecule has 2 aromatic rings. The van der Waals surface area contributed by atoms with Crippen LogP contribution in [0.4, 0.5) is 5.95 Å². The van der Waals surface area contributed by atoms with E-state index in [0.29, 0.717) is 5.75 Å². The second-order valence-electron chi connectivity index (χ2n) is 5.12. The summed E-state index contributed by atoms with van der Waals surface area (Å²) in [5.74, 6) is 0.769. The summed E-state index contributed by atoms with van der Waals surface area (Å²) >= 11 is 3.49. The van der Waals surface area contributed by atoms with Crippen molar-refractivity contribution in [2.45, 2.75) is 26.2 Å². The monoisotopic (exact) mass is 322 g/mol. The largest absolute Gasteiger partial charge is 0.423 e. The summed E-state index contributed by atoms with van der Waals surface area (Å²) in [7, 11) is 0. The quantitative estimate of drug-likeness (QED) is 0.918. The van der Waals surface area contributed by atoms with Gasteiger partial charge in [-0.3, -0.25) is 0 Å². The highest BCUT2D eigenvalue weighted by Gasteiger charge is 2.15. The number of rotatable bonds is 2. The second kappa shape index (κ2) is 5.13. The molecular formula is C13H15BrN4O. The maximum absolute atomic E-state index is 5.57.